The van der Waals surface area contributed by atoms with Gasteiger partial charge in [-0.2, -0.15) is 9.78 Å². The summed E-state index contributed by atoms with van der Waals surface area (Å²) in [5.41, 5.74) is 0.822. The third-order valence-corrected chi connectivity index (χ3v) is 4.35. The molecule has 3 rings (SSSR count). The quantitative estimate of drug-likeness (QED) is 0.384. The van der Waals surface area contributed by atoms with Gasteiger partial charge in [0.25, 0.3) is 0 Å². The van der Waals surface area contributed by atoms with Crippen LogP contribution in [0.15, 0.2) is 44.5 Å². The van der Waals surface area contributed by atoms with Gasteiger partial charge in [0, 0.05) is 0 Å². The molecule has 0 aliphatic heterocycles. The lowest BCUT2D eigenvalue weighted by molar-refractivity contribution is 0.275. The van der Waals surface area contributed by atoms with E-state index in [4.69, 9.17) is 26.1 Å². The fraction of sp³-hybridized carbons (Fsp3) is 0.278. The van der Waals surface area contributed by atoms with E-state index in [0.29, 0.717) is 41.1 Å². The van der Waals surface area contributed by atoms with E-state index in [2.05, 4.69) is 38.2 Å². The number of ether oxygens (including phenoxy) is 2. The Morgan fingerprint density at radius 1 is 1.37 bits per heavy atom. The summed E-state index contributed by atoms with van der Waals surface area (Å²) in [6, 6.07) is 7.36. The lowest BCUT2D eigenvalue weighted by atomic mass is 10.2. The van der Waals surface area contributed by atoms with Crippen molar-refractivity contribution in [3.8, 4) is 23.1 Å². The fourth-order valence-corrected chi connectivity index (χ4v) is 3.11. The van der Waals surface area contributed by atoms with Crippen LogP contribution < -0.4 is 9.47 Å². The molecule has 0 amide bonds. The van der Waals surface area contributed by atoms with Crippen molar-refractivity contribution in [3.63, 3.8) is 0 Å². The second-order valence-corrected chi connectivity index (χ2v) is 6.74. The summed E-state index contributed by atoms with van der Waals surface area (Å²) >= 11 is 8.81. The lowest BCUT2D eigenvalue weighted by Crippen LogP contribution is -2.02. The molecule has 0 radical (unpaired) electrons. The molecule has 27 heavy (non-hydrogen) atoms. The van der Waals surface area contributed by atoms with Gasteiger partial charge in [-0.3, -0.25) is 0 Å². The molecule has 0 atom stereocenters. The summed E-state index contributed by atoms with van der Waals surface area (Å²) in [5.74, 6) is 2.41. The maximum atomic E-state index is 5.80. The van der Waals surface area contributed by atoms with Crippen LogP contribution in [0.25, 0.3) is 11.6 Å². The number of furan rings is 1. The molecule has 9 heteroatoms. The fourth-order valence-electron chi connectivity index (χ4n) is 2.36. The van der Waals surface area contributed by atoms with Crippen molar-refractivity contribution >= 4 is 34.4 Å². The first-order chi connectivity index (χ1) is 13.1. The first-order valence-electron chi connectivity index (χ1n) is 8.48. The molecule has 0 bridgehead atoms. The molecular weight excluding hydrogens is 432 g/mol. The van der Waals surface area contributed by atoms with E-state index < -0.39 is 0 Å². The van der Waals surface area contributed by atoms with E-state index in [9.17, 15) is 0 Å². The number of rotatable bonds is 8. The van der Waals surface area contributed by atoms with E-state index in [1.54, 1.807) is 24.6 Å². The Morgan fingerprint density at radius 3 is 2.93 bits per heavy atom. The SMILES string of the molecule is CCCOc1c(Br)cc(/C=N\n2c(-c3ccco3)n[nH]c2=S)cc1OCC. The van der Waals surface area contributed by atoms with Gasteiger partial charge in [-0.15, -0.1) is 5.10 Å². The summed E-state index contributed by atoms with van der Waals surface area (Å²) in [6.45, 7) is 5.13. The summed E-state index contributed by atoms with van der Waals surface area (Å²) in [5, 5.41) is 11.3. The Labute approximate surface area is 170 Å². The predicted molar refractivity (Wildman–Crippen MR) is 109 cm³/mol. The molecule has 0 unspecified atom stereocenters. The van der Waals surface area contributed by atoms with Gasteiger partial charge >= 0.3 is 0 Å². The largest absolute Gasteiger partial charge is 0.490 e. The van der Waals surface area contributed by atoms with Crippen LogP contribution >= 0.6 is 28.1 Å². The summed E-state index contributed by atoms with van der Waals surface area (Å²) in [6.07, 6.45) is 4.16. The minimum atomic E-state index is 0.365. The molecule has 0 aliphatic rings. The van der Waals surface area contributed by atoms with Crippen molar-refractivity contribution in [1.29, 1.82) is 0 Å². The maximum Gasteiger partial charge on any atom is 0.219 e. The number of H-pyrrole nitrogens is 1. The van der Waals surface area contributed by atoms with Gasteiger partial charge < -0.3 is 13.9 Å². The number of halogens is 1. The Hall–Kier alpha value is -2.39. The number of aromatic nitrogens is 3. The van der Waals surface area contributed by atoms with E-state index in [-0.39, 0.29) is 0 Å². The molecule has 3 aromatic rings. The second-order valence-electron chi connectivity index (χ2n) is 5.50. The van der Waals surface area contributed by atoms with Crippen LogP contribution in [0.1, 0.15) is 25.8 Å². The first-order valence-corrected chi connectivity index (χ1v) is 9.69. The van der Waals surface area contributed by atoms with Gasteiger partial charge in [-0.05, 0) is 71.3 Å². The van der Waals surface area contributed by atoms with Gasteiger partial charge in [0.15, 0.2) is 17.3 Å². The first kappa shape index (κ1) is 19.4. The van der Waals surface area contributed by atoms with Crippen molar-refractivity contribution in [3.05, 3.63) is 45.3 Å². The van der Waals surface area contributed by atoms with Gasteiger partial charge in [-0.25, -0.2) is 5.10 Å². The maximum absolute atomic E-state index is 5.80. The highest BCUT2D eigenvalue weighted by molar-refractivity contribution is 9.10. The summed E-state index contributed by atoms with van der Waals surface area (Å²) in [7, 11) is 0. The molecule has 1 N–H and O–H groups in total. The molecular formula is C18H19BrN4O3S. The van der Waals surface area contributed by atoms with Crippen LogP contribution in [-0.2, 0) is 0 Å². The van der Waals surface area contributed by atoms with E-state index in [0.717, 1.165) is 16.5 Å². The highest BCUT2D eigenvalue weighted by atomic mass is 79.9. The number of nitrogens with one attached hydrogen (secondary N) is 1. The second kappa shape index (κ2) is 9.01. The molecule has 0 aliphatic carbocycles. The number of benzene rings is 1. The van der Waals surface area contributed by atoms with Crippen LogP contribution in [0.5, 0.6) is 11.5 Å². The summed E-state index contributed by atoms with van der Waals surface area (Å²) < 4.78 is 19.6. The standard InChI is InChI=1S/C18H19BrN4O3S/c1-3-7-26-16-13(19)9-12(10-15(16)24-4-2)11-20-23-17(21-22-18(23)27)14-6-5-8-25-14/h5-6,8-11H,3-4,7H2,1-2H3,(H,22,27)/b20-11-. The van der Waals surface area contributed by atoms with E-state index >= 15 is 0 Å². The predicted octanol–water partition coefficient (Wildman–Crippen LogP) is 5.03. The van der Waals surface area contributed by atoms with Gasteiger partial charge in [0.05, 0.1) is 30.2 Å². The molecule has 0 spiro atoms. The molecule has 7 nitrogen and oxygen atoms in total. The van der Waals surface area contributed by atoms with Crippen molar-refractivity contribution in [2.75, 3.05) is 13.2 Å². The number of aromatic amines is 1. The minimum Gasteiger partial charge on any atom is -0.490 e. The van der Waals surface area contributed by atoms with Crippen LogP contribution in [0.4, 0.5) is 0 Å². The highest BCUT2D eigenvalue weighted by Crippen LogP contribution is 2.36. The third kappa shape index (κ3) is 4.48. The van der Waals surface area contributed by atoms with Gasteiger partial charge in [0.1, 0.15) is 0 Å². The van der Waals surface area contributed by atoms with Crippen molar-refractivity contribution in [2.45, 2.75) is 20.3 Å². The van der Waals surface area contributed by atoms with Crippen LogP contribution in [0.2, 0.25) is 0 Å². The number of hydrogen-bond donors (Lipinski definition) is 1. The zero-order chi connectivity index (χ0) is 19.2. The van der Waals surface area contributed by atoms with Gasteiger partial charge in [0.2, 0.25) is 10.6 Å². The van der Waals surface area contributed by atoms with E-state index in [1.807, 2.05) is 19.1 Å². The molecule has 0 saturated carbocycles. The van der Waals surface area contributed by atoms with E-state index in [1.165, 1.54) is 4.68 Å². The van der Waals surface area contributed by atoms with Crippen molar-refractivity contribution in [2.24, 2.45) is 5.10 Å². The number of nitrogens with zero attached hydrogens (tertiary/aromatic N) is 3. The topological polar surface area (TPSA) is 77.6 Å². The summed E-state index contributed by atoms with van der Waals surface area (Å²) in [4.78, 5) is 0. The zero-order valence-corrected chi connectivity index (χ0v) is 17.3. The Balaban J connectivity index is 1.94. The molecule has 142 valence electrons. The molecule has 2 aromatic heterocycles. The zero-order valence-electron chi connectivity index (χ0n) is 14.9. The van der Waals surface area contributed by atoms with Crippen molar-refractivity contribution in [1.82, 2.24) is 14.9 Å². The third-order valence-electron chi connectivity index (χ3n) is 3.50. The average Bonchev–Trinajstić information content (AvgIpc) is 3.29. The monoisotopic (exact) mass is 450 g/mol. The Morgan fingerprint density at radius 2 is 2.22 bits per heavy atom. The van der Waals surface area contributed by atoms with Gasteiger partial charge in [-0.1, -0.05) is 6.92 Å². The molecule has 0 saturated heterocycles. The van der Waals surface area contributed by atoms with Crippen LogP contribution in [0, 0.1) is 4.77 Å². The molecule has 1 aromatic carbocycles. The Bertz CT molecular complexity index is 979. The molecule has 2 heterocycles. The normalized spacial score (nSPS) is 11.2. The minimum absolute atomic E-state index is 0.365. The molecule has 0 fully saturated rings. The smallest absolute Gasteiger partial charge is 0.219 e. The number of hydrogen-bond acceptors (Lipinski definition) is 6. The average molecular weight is 451 g/mol. The van der Waals surface area contributed by atoms with Crippen LogP contribution in [-0.4, -0.2) is 34.3 Å². The van der Waals surface area contributed by atoms with Crippen LogP contribution in [0.3, 0.4) is 0 Å². The Kier molecular flexibility index (Phi) is 6.46. The highest BCUT2D eigenvalue weighted by Gasteiger charge is 2.13. The lowest BCUT2D eigenvalue weighted by Gasteiger charge is -2.14. The van der Waals surface area contributed by atoms with Crippen molar-refractivity contribution < 1.29 is 13.9 Å².